The maximum Gasteiger partial charge on any atom is 0.357 e. The minimum atomic E-state index is -1.20. The molecule has 0 bridgehead atoms. The van der Waals surface area contributed by atoms with Crippen LogP contribution in [0.2, 0.25) is 0 Å². The van der Waals surface area contributed by atoms with Crippen molar-refractivity contribution in [2.45, 2.75) is 12.3 Å². The maximum atomic E-state index is 12.0. The lowest BCUT2D eigenvalue weighted by Crippen LogP contribution is -2.23. The van der Waals surface area contributed by atoms with E-state index in [9.17, 15) is 19.8 Å². The van der Waals surface area contributed by atoms with Crippen LogP contribution in [0.25, 0.3) is 0 Å². The molecule has 0 unspecified atom stereocenters. The van der Waals surface area contributed by atoms with Gasteiger partial charge < -0.3 is 25.0 Å². The van der Waals surface area contributed by atoms with Crippen LogP contribution in [0.5, 0.6) is 17.2 Å². The number of aromatic hydroxyl groups is 1. The van der Waals surface area contributed by atoms with Crippen molar-refractivity contribution in [3.8, 4) is 17.2 Å². The van der Waals surface area contributed by atoms with Crippen LogP contribution in [-0.4, -0.2) is 40.7 Å². The van der Waals surface area contributed by atoms with Gasteiger partial charge in [0.2, 0.25) is 11.7 Å². The third-order valence-electron chi connectivity index (χ3n) is 3.80. The van der Waals surface area contributed by atoms with Gasteiger partial charge in [0.15, 0.2) is 17.2 Å². The lowest BCUT2D eigenvalue weighted by molar-refractivity contribution is -0.116. The van der Waals surface area contributed by atoms with Crippen molar-refractivity contribution >= 4 is 29.1 Å². The molecule has 1 atom stereocenters. The molecule has 3 N–H and O–H groups in total. The molecule has 3 rings (SSSR count). The highest BCUT2D eigenvalue weighted by molar-refractivity contribution is 7.06. The number of aromatic nitrogens is 1. The average molecular weight is 350 g/mol. The van der Waals surface area contributed by atoms with Crippen LogP contribution in [-0.2, 0) is 4.79 Å². The number of ether oxygens (including phenoxy) is 2. The number of aromatic carboxylic acids is 1. The molecule has 0 fully saturated rings. The number of rotatable bonds is 4. The van der Waals surface area contributed by atoms with Gasteiger partial charge in [0.05, 0.1) is 24.8 Å². The number of amides is 1. The fourth-order valence-electron chi connectivity index (χ4n) is 2.66. The number of fused-ring (bicyclic) bond motifs is 1. The number of carbonyl (C=O) groups is 2. The Bertz CT molecular complexity index is 806. The first-order valence-corrected chi connectivity index (χ1v) is 7.71. The van der Waals surface area contributed by atoms with E-state index in [1.807, 2.05) is 0 Å². The average Bonchev–Trinajstić information content (AvgIpc) is 2.98. The number of anilines is 1. The Kier molecular flexibility index (Phi) is 4.02. The predicted molar refractivity (Wildman–Crippen MR) is 85.4 cm³/mol. The summed E-state index contributed by atoms with van der Waals surface area (Å²) in [5.41, 5.74) is 0.712. The molecule has 24 heavy (non-hydrogen) atoms. The Morgan fingerprint density at radius 1 is 1.33 bits per heavy atom. The summed E-state index contributed by atoms with van der Waals surface area (Å²) in [6, 6.07) is 3.20. The van der Waals surface area contributed by atoms with Crippen LogP contribution < -0.4 is 14.8 Å². The normalized spacial score (nSPS) is 16.2. The zero-order valence-corrected chi connectivity index (χ0v) is 13.6. The van der Waals surface area contributed by atoms with Crippen LogP contribution in [0.1, 0.15) is 33.3 Å². The van der Waals surface area contributed by atoms with Gasteiger partial charge in [-0.3, -0.25) is 4.79 Å². The number of carbonyl (C=O) groups excluding carboxylic acids is 1. The molecule has 9 heteroatoms. The molecular formula is C15H14N2O6S. The molecule has 2 aromatic rings. The standard InChI is InChI=1S/C15H14N2O6S/c1-22-8-3-6(4-9(23-2)13(8)19)7-5-10(18)16-11-12(15(20)21)17-24-14(7)11/h3-4,7,19H,5H2,1-2H3,(H,16,18)(H,20,21)/t7-/m1/s1. The maximum absolute atomic E-state index is 12.0. The third kappa shape index (κ3) is 2.52. The van der Waals surface area contributed by atoms with E-state index in [0.717, 1.165) is 11.5 Å². The van der Waals surface area contributed by atoms with E-state index in [4.69, 9.17) is 9.47 Å². The summed E-state index contributed by atoms with van der Waals surface area (Å²) in [5, 5.41) is 21.8. The van der Waals surface area contributed by atoms with Crippen molar-refractivity contribution < 1.29 is 29.3 Å². The van der Waals surface area contributed by atoms with Crippen molar-refractivity contribution in [2.24, 2.45) is 0 Å². The second kappa shape index (κ2) is 6.00. The van der Waals surface area contributed by atoms with Gasteiger partial charge in [0, 0.05) is 12.3 Å². The summed E-state index contributed by atoms with van der Waals surface area (Å²) in [4.78, 5) is 23.9. The van der Waals surface area contributed by atoms with Crippen LogP contribution in [0.3, 0.4) is 0 Å². The van der Waals surface area contributed by atoms with E-state index < -0.39 is 11.9 Å². The van der Waals surface area contributed by atoms with Gasteiger partial charge in [-0.25, -0.2) is 4.79 Å². The first kappa shape index (κ1) is 16.1. The molecule has 1 aliphatic heterocycles. The zero-order valence-electron chi connectivity index (χ0n) is 12.8. The molecule has 0 aliphatic carbocycles. The molecule has 1 aromatic carbocycles. The Balaban J connectivity index is 2.14. The van der Waals surface area contributed by atoms with Crippen LogP contribution >= 0.6 is 11.5 Å². The molecule has 1 amide bonds. The number of benzene rings is 1. The first-order valence-electron chi connectivity index (χ1n) is 6.93. The topological polar surface area (TPSA) is 118 Å². The van der Waals surface area contributed by atoms with Gasteiger partial charge in [-0.2, -0.15) is 4.37 Å². The van der Waals surface area contributed by atoms with Gasteiger partial charge in [0.1, 0.15) is 0 Å². The highest BCUT2D eigenvalue weighted by Crippen LogP contribution is 2.46. The summed E-state index contributed by atoms with van der Waals surface area (Å²) in [6.07, 6.45) is 0.130. The third-order valence-corrected chi connectivity index (χ3v) is 4.76. The Morgan fingerprint density at radius 3 is 2.50 bits per heavy atom. The smallest absolute Gasteiger partial charge is 0.357 e. The van der Waals surface area contributed by atoms with Crippen LogP contribution in [0, 0.1) is 0 Å². The number of carboxylic acid groups (broad SMARTS) is 1. The molecule has 1 aromatic heterocycles. The number of nitrogens with one attached hydrogen (secondary N) is 1. The number of hydrogen-bond acceptors (Lipinski definition) is 7. The molecular weight excluding hydrogens is 336 g/mol. The summed E-state index contributed by atoms with van der Waals surface area (Å²) in [6.45, 7) is 0. The van der Waals surface area contributed by atoms with Crippen molar-refractivity contribution in [3.63, 3.8) is 0 Å². The molecule has 8 nitrogen and oxygen atoms in total. The van der Waals surface area contributed by atoms with E-state index in [-0.39, 0.29) is 41.0 Å². The Labute approximate surface area is 140 Å². The van der Waals surface area contributed by atoms with Gasteiger partial charge in [-0.05, 0) is 29.2 Å². The van der Waals surface area contributed by atoms with E-state index >= 15 is 0 Å². The molecule has 0 radical (unpaired) electrons. The fourth-order valence-corrected chi connectivity index (χ4v) is 3.60. The van der Waals surface area contributed by atoms with E-state index in [1.165, 1.54) is 14.2 Å². The van der Waals surface area contributed by atoms with Crippen LogP contribution in [0.4, 0.5) is 5.69 Å². The highest BCUT2D eigenvalue weighted by atomic mass is 32.1. The summed E-state index contributed by atoms with van der Waals surface area (Å²) in [5.74, 6) is -1.63. The number of methoxy groups -OCH3 is 2. The summed E-state index contributed by atoms with van der Waals surface area (Å²) >= 11 is 1.03. The molecule has 2 heterocycles. The zero-order chi connectivity index (χ0) is 17.4. The lowest BCUT2D eigenvalue weighted by Gasteiger charge is -2.23. The number of nitrogens with zero attached hydrogens (tertiary/aromatic N) is 1. The summed E-state index contributed by atoms with van der Waals surface area (Å²) < 4.78 is 14.2. The number of carboxylic acids is 1. The summed E-state index contributed by atoms with van der Waals surface area (Å²) in [7, 11) is 2.82. The monoisotopic (exact) mass is 350 g/mol. The number of phenols is 1. The van der Waals surface area contributed by atoms with Gasteiger partial charge >= 0.3 is 5.97 Å². The second-order valence-electron chi connectivity index (χ2n) is 5.15. The minimum Gasteiger partial charge on any atom is -0.502 e. The lowest BCUT2D eigenvalue weighted by atomic mass is 9.89. The molecule has 0 spiro atoms. The van der Waals surface area contributed by atoms with Gasteiger partial charge in [-0.15, -0.1) is 0 Å². The predicted octanol–water partition coefficient (Wildman–Crippen LogP) is 2.04. The number of hydrogen-bond donors (Lipinski definition) is 3. The quantitative estimate of drug-likeness (QED) is 0.772. The van der Waals surface area contributed by atoms with Gasteiger partial charge in [-0.1, -0.05) is 0 Å². The minimum absolute atomic E-state index is 0.130. The Hall–Kier alpha value is -2.81. The molecule has 126 valence electrons. The van der Waals surface area contributed by atoms with E-state index in [2.05, 4.69) is 9.69 Å². The van der Waals surface area contributed by atoms with Gasteiger partial charge in [0.25, 0.3) is 0 Å². The molecule has 1 aliphatic rings. The SMILES string of the molecule is COc1cc([C@H]2CC(=O)Nc3c(C(=O)O)nsc32)cc(OC)c1O. The number of phenolic OH excluding ortho intramolecular Hbond substituents is 1. The van der Waals surface area contributed by atoms with E-state index in [1.54, 1.807) is 12.1 Å². The second-order valence-corrected chi connectivity index (χ2v) is 5.96. The largest absolute Gasteiger partial charge is 0.502 e. The van der Waals surface area contributed by atoms with E-state index in [0.29, 0.717) is 10.4 Å². The van der Waals surface area contributed by atoms with Crippen molar-refractivity contribution in [3.05, 3.63) is 28.3 Å². The van der Waals surface area contributed by atoms with Crippen molar-refractivity contribution in [2.75, 3.05) is 19.5 Å². The van der Waals surface area contributed by atoms with Crippen LogP contribution in [0.15, 0.2) is 12.1 Å². The van der Waals surface area contributed by atoms with Crippen molar-refractivity contribution in [1.82, 2.24) is 4.37 Å². The molecule has 0 saturated heterocycles. The first-order chi connectivity index (χ1) is 11.5. The molecule has 0 saturated carbocycles. The Morgan fingerprint density at radius 2 is 1.96 bits per heavy atom. The fraction of sp³-hybridized carbons (Fsp3) is 0.267. The van der Waals surface area contributed by atoms with Crippen molar-refractivity contribution in [1.29, 1.82) is 0 Å². The highest BCUT2D eigenvalue weighted by Gasteiger charge is 2.34.